The number of carbonyl (C=O) groups is 1. The maximum absolute atomic E-state index is 14.9. The molecule has 0 bridgehead atoms. The molecule has 5 rings (SSSR count). The van der Waals surface area contributed by atoms with Crippen LogP contribution in [0.2, 0.25) is 0 Å². The zero-order valence-electron chi connectivity index (χ0n) is 20.2. The highest BCUT2D eigenvalue weighted by atomic mass is 19.1. The molecule has 0 unspecified atom stereocenters. The van der Waals surface area contributed by atoms with Crippen LogP contribution in [0.3, 0.4) is 0 Å². The lowest BCUT2D eigenvalue weighted by atomic mass is 10.2. The maximum Gasteiger partial charge on any atom is 0.322 e. The average Bonchev–Trinajstić information content (AvgIpc) is 3.33. The van der Waals surface area contributed by atoms with Gasteiger partial charge in [-0.3, -0.25) is 9.80 Å². The number of nitrogens with one attached hydrogen (secondary N) is 1. The fourth-order valence-electron chi connectivity index (χ4n) is 4.36. The van der Waals surface area contributed by atoms with E-state index in [9.17, 15) is 9.18 Å². The van der Waals surface area contributed by atoms with E-state index in [0.717, 1.165) is 44.7 Å². The number of hydrogen-bond acceptors (Lipinski definition) is 7. The molecular weight excluding hydrogens is 467 g/mol. The zero-order valence-corrected chi connectivity index (χ0v) is 20.2. The van der Waals surface area contributed by atoms with Crippen molar-refractivity contribution >= 4 is 22.6 Å². The number of morpholine rings is 1. The molecule has 0 spiro atoms. The average molecular weight is 497 g/mol. The maximum atomic E-state index is 14.9. The van der Waals surface area contributed by atoms with Gasteiger partial charge in [-0.2, -0.15) is 0 Å². The quantitative estimate of drug-likeness (QED) is 0.451. The smallest absolute Gasteiger partial charge is 0.322 e. The van der Waals surface area contributed by atoms with Crippen LogP contribution in [-0.4, -0.2) is 75.6 Å². The van der Waals surface area contributed by atoms with E-state index in [2.05, 4.69) is 15.2 Å². The minimum atomic E-state index is -0.621. The van der Waals surface area contributed by atoms with Gasteiger partial charge in [0.15, 0.2) is 11.6 Å². The molecule has 1 aromatic heterocycles. The largest absolute Gasteiger partial charge is 0.494 e. The second-order valence-corrected chi connectivity index (χ2v) is 8.57. The Morgan fingerprint density at radius 1 is 1.11 bits per heavy atom. The van der Waals surface area contributed by atoms with E-state index in [1.807, 2.05) is 24.3 Å². The lowest BCUT2D eigenvalue weighted by molar-refractivity contribution is 0.0358. The van der Waals surface area contributed by atoms with Crippen molar-refractivity contribution in [2.45, 2.75) is 6.42 Å². The predicted molar refractivity (Wildman–Crippen MR) is 133 cm³/mol. The first-order chi connectivity index (χ1) is 17.6. The number of fused-ring (bicyclic) bond motifs is 1. The van der Waals surface area contributed by atoms with Crippen molar-refractivity contribution in [3.63, 3.8) is 0 Å². The molecule has 2 fully saturated rings. The molecule has 2 aliphatic heterocycles. The molecule has 190 valence electrons. The van der Waals surface area contributed by atoms with Gasteiger partial charge >= 0.3 is 6.03 Å². The molecule has 36 heavy (non-hydrogen) atoms. The SMILES string of the molecule is COc1ccc(F)c(Oc2ccc3ccc(OCCCN4CCOCC4)cc3n2)c1N1CCNC1=O. The van der Waals surface area contributed by atoms with E-state index in [-0.39, 0.29) is 23.3 Å². The molecule has 0 aliphatic carbocycles. The van der Waals surface area contributed by atoms with Crippen LogP contribution in [0.1, 0.15) is 6.42 Å². The molecule has 2 aromatic carbocycles. The third-order valence-corrected chi connectivity index (χ3v) is 6.23. The lowest BCUT2D eigenvalue weighted by Crippen LogP contribution is -2.37. The number of halogens is 1. The molecule has 0 atom stereocenters. The summed E-state index contributed by atoms with van der Waals surface area (Å²) in [4.78, 5) is 20.7. The van der Waals surface area contributed by atoms with Crippen LogP contribution in [-0.2, 0) is 4.74 Å². The van der Waals surface area contributed by atoms with Gasteiger partial charge in [0.2, 0.25) is 5.88 Å². The summed E-state index contributed by atoms with van der Waals surface area (Å²) in [7, 11) is 1.46. The number of hydrogen-bond donors (Lipinski definition) is 1. The Labute approximate surface area is 208 Å². The molecule has 0 radical (unpaired) electrons. The molecule has 3 heterocycles. The number of aromatic nitrogens is 1. The summed E-state index contributed by atoms with van der Waals surface area (Å²) in [6, 6.07) is 11.6. The summed E-state index contributed by atoms with van der Waals surface area (Å²) in [5, 5.41) is 3.61. The Kier molecular flexibility index (Phi) is 7.33. The minimum absolute atomic E-state index is 0.117. The fraction of sp³-hybridized carbons (Fsp3) is 0.385. The second-order valence-electron chi connectivity index (χ2n) is 8.57. The van der Waals surface area contributed by atoms with Gasteiger partial charge in [-0.1, -0.05) is 0 Å². The Bertz CT molecular complexity index is 1230. The van der Waals surface area contributed by atoms with Gasteiger partial charge in [-0.25, -0.2) is 14.2 Å². The van der Waals surface area contributed by atoms with Crippen LogP contribution in [0.5, 0.6) is 23.1 Å². The van der Waals surface area contributed by atoms with Gasteiger partial charge < -0.3 is 24.3 Å². The van der Waals surface area contributed by atoms with Crippen LogP contribution in [0.15, 0.2) is 42.5 Å². The molecule has 0 saturated carbocycles. The normalized spacial score (nSPS) is 16.3. The predicted octanol–water partition coefficient (Wildman–Crippen LogP) is 3.81. The van der Waals surface area contributed by atoms with Gasteiger partial charge in [0, 0.05) is 50.2 Å². The summed E-state index contributed by atoms with van der Waals surface area (Å²) in [6.07, 6.45) is 0.913. The van der Waals surface area contributed by atoms with E-state index in [1.54, 1.807) is 6.07 Å². The number of pyridine rings is 1. The van der Waals surface area contributed by atoms with E-state index >= 15 is 0 Å². The summed E-state index contributed by atoms with van der Waals surface area (Å²) in [6.45, 7) is 5.86. The van der Waals surface area contributed by atoms with E-state index in [4.69, 9.17) is 18.9 Å². The number of anilines is 1. The Hall–Kier alpha value is -3.63. The number of rotatable bonds is 9. The standard InChI is InChI=1S/C26H29FN4O5/c1-33-22-7-6-20(27)25(24(22)31-11-9-28-26(31)32)36-23-8-4-18-3-5-19(17-21(18)29-23)35-14-2-10-30-12-15-34-16-13-30/h3-8,17H,2,9-16H2,1H3,(H,28,32). The molecule has 3 aromatic rings. The molecule has 9 nitrogen and oxygen atoms in total. The first kappa shape index (κ1) is 24.1. The summed E-state index contributed by atoms with van der Waals surface area (Å²) >= 11 is 0. The molecule has 2 aliphatic rings. The highest BCUT2D eigenvalue weighted by Crippen LogP contribution is 2.42. The lowest BCUT2D eigenvalue weighted by Gasteiger charge is -2.26. The zero-order chi connectivity index (χ0) is 24.9. The van der Waals surface area contributed by atoms with Gasteiger partial charge in [0.05, 0.1) is 32.4 Å². The van der Waals surface area contributed by atoms with Crippen LogP contribution in [0, 0.1) is 5.82 Å². The van der Waals surface area contributed by atoms with E-state index in [1.165, 1.54) is 24.1 Å². The first-order valence-electron chi connectivity index (χ1n) is 12.1. The molecule has 2 saturated heterocycles. The number of amides is 2. The van der Waals surface area contributed by atoms with Crippen LogP contribution in [0.25, 0.3) is 10.9 Å². The highest BCUT2D eigenvalue weighted by Gasteiger charge is 2.30. The van der Waals surface area contributed by atoms with Crippen LogP contribution < -0.4 is 24.4 Å². The van der Waals surface area contributed by atoms with E-state index < -0.39 is 5.82 Å². The number of methoxy groups -OCH3 is 1. The summed E-state index contributed by atoms with van der Waals surface area (Å²) in [5.74, 6) is 0.492. The number of benzene rings is 2. The number of ether oxygens (including phenoxy) is 4. The van der Waals surface area contributed by atoms with Crippen molar-refractivity contribution in [3.05, 3.63) is 48.3 Å². The highest BCUT2D eigenvalue weighted by molar-refractivity contribution is 5.97. The Morgan fingerprint density at radius 3 is 2.72 bits per heavy atom. The molecule has 2 amide bonds. The van der Waals surface area contributed by atoms with Crippen molar-refractivity contribution in [2.75, 3.05) is 64.6 Å². The van der Waals surface area contributed by atoms with Gasteiger partial charge in [0.25, 0.3) is 0 Å². The van der Waals surface area contributed by atoms with Gasteiger partial charge in [-0.15, -0.1) is 0 Å². The Balaban J connectivity index is 1.32. The van der Waals surface area contributed by atoms with Crippen LogP contribution >= 0.6 is 0 Å². The molecular formula is C26H29FN4O5. The Morgan fingerprint density at radius 2 is 1.94 bits per heavy atom. The molecule has 1 N–H and O–H groups in total. The first-order valence-corrected chi connectivity index (χ1v) is 12.1. The third kappa shape index (κ3) is 5.29. The van der Waals surface area contributed by atoms with Crippen molar-refractivity contribution < 1.29 is 28.1 Å². The second kappa shape index (κ2) is 11.0. The number of nitrogens with zero attached hydrogens (tertiary/aromatic N) is 3. The van der Waals surface area contributed by atoms with Crippen molar-refractivity contribution in [3.8, 4) is 23.1 Å². The van der Waals surface area contributed by atoms with Crippen LogP contribution in [0.4, 0.5) is 14.9 Å². The van der Waals surface area contributed by atoms with E-state index in [0.29, 0.717) is 36.7 Å². The van der Waals surface area contributed by atoms with Gasteiger partial charge in [-0.05, 0) is 36.8 Å². The summed E-state index contributed by atoms with van der Waals surface area (Å²) in [5.41, 5.74) is 0.883. The fourth-order valence-corrected chi connectivity index (χ4v) is 4.36. The molecule has 10 heteroatoms. The monoisotopic (exact) mass is 496 g/mol. The number of carbonyl (C=O) groups excluding carboxylic acids is 1. The topological polar surface area (TPSA) is 85.4 Å². The third-order valence-electron chi connectivity index (χ3n) is 6.23. The van der Waals surface area contributed by atoms with Crippen molar-refractivity contribution in [1.29, 1.82) is 0 Å². The number of urea groups is 1. The summed E-state index contributed by atoms with van der Waals surface area (Å²) < 4.78 is 37.6. The van der Waals surface area contributed by atoms with Gasteiger partial charge in [0.1, 0.15) is 17.2 Å². The van der Waals surface area contributed by atoms with Crippen molar-refractivity contribution in [1.82, 2.24) is 15.2 Å². The minimum Gasteiger partial charge on any atom is -0.494 e. The van der Waals surface area contributed by atoms with Crippen molar-refractivity contribution in [2.24, 2.45) is 0 Å².